The van der Waals surface area contributed by atoms with Gasteiger partial charge >= 0.3 is 0 Å². The van der Waals surface area contributed by atoms with Crippen molar-refractivity contribution in [2.75, 3.05) is 18.1 Å². The minimum atomic E-state index is 0.885. The molecule has 16 heavy (non-hydrogen) atoms. The summed E-state index contributed by atoms with van der Waals surface area (Å²) in [7, 11) is 0. The molecule has 0 aliphatic carbocycles. The van der Waals surface area contributed by atoms with Crippen molar-refractivity contribution < 1.29 is 0 Å². The number of rotatable bonds is 6. The number of nitrogens with zero attached hydrogens (tertiary/aromatic N) is 2. The molecule has 1 aromatic rings. The molecule has 1 fully saturated rings. The van der Waals surface area contributed by atoms with E-state index >= 15 is 0 Å². The van der Waals surface area contributed by atoms with Gasteiger partial charge in [-0.3, -0.25) is 4.68 Å². The Hall–Kier alpha value is -0.480. The van der Waals surface area contributed by atoms with E-state index in [2.05, 4.69) is 35.3 Å². The smallest absolute Gasteiger partial charge is 0.0534 e. The van der Waals surface area contributed by atoms with Crippen LogP contribution in [0.4, 0.5) is 0 Å². The fourth-order valence-corrected chi connectivity index (χ4v) is 3.30. The highest BCUT2D eigenvalue weighted by atomic mass is 32.2. The molecule has 1 aliphatic rings. The molecule has 0 saturated carbocycles. The quantitative estimate of drug-likeness (QED) is 0.825. The van der Waals surface area contributed by atoms with Crippen LogP contribution >= 0.6 is 11.8 Å². The van der Waals surface area contributed by atoms with E-state index in [9.17, 15) is 0 Å². The van der Waals surface area contributed by atoms with E-state index in [4.69, 9.17) is 0 Å². The molecule has 0 spiro atoms. The van der Waals surface area contributed by atoms with Crippen LogP contribution in [-0.2, 0) is 13.1 Å². The number of aromatic nitrogens is 2. The molecule has 0 aromatic carbocycles. The Bertz CT molecular complexity index is 305. The van der Waals surface area contributed by atoms with Gasteiger partial charge < -0.3 is 5.32 Å². The van der Waals surface area contributed by atoms with E-state index in [-0.39, 0.29) is 0 Å². The maximum atomic E-state index is 4.33. The minimum Gasteiger partial charge on any atom is -0.312 e. The van der Waals surface area contributed by atoms with E-state index in [1.807, 2.05) is 10.9 Å². The summed E-state index contributed by atoms with van der Waals surface area (Å²) in [6.45, 7) is 5.33. The molecule has 4 heteroatoms. The molecule has 90 valence electrons. The Balaban J connectivity index is 1.67. The lowest BCUT2D eigenvalue weighted by molar-refractivity contribution is 0.523. The van der Waals surface area contributed by atoms with Crippen molar-refractivity contribution in [2.24, 2.45) is 5.92 Å². The number of aryl methyl sites for hydroxylation is 1. The summed E-state index contributed by atoms with van der Waals surface area (Å²) in [5, 5.41) is 7.86. The van der Waals surface area contributed by atoms with Gasteiger partial charge in [0.15, 0.2) is 0 Å². The van der Waals surface area contributed by atoms with E-state index in [0.29, 0.717) is 0 Å². The van der Waals surface area contributed by atoms with Crippen LogP contribution in [0.25, 0.3) is 0 Å². The SMILES string of the molecule is CCCn1cc(CNCC2CCSC2)cn1. The van der Waals surface area contributed by atoms with Crippen LogP contribution in [0.5, 0.6) is 0 Å². The number of hydrogen-bond donors (Lipinski definition) is 1. The largest absolute Gasteiger partial charge is 0.312 e. The van der Waals surface area contributed by atoms with Gasteiger partial charge in [-0.15, -0.1) is 0 Å². The topological polar surface area (TPSA) is 29.9 Å². The normalized spacial score (nSPS) is 20.4. The summed E-state index contributed by atoms with van der Waals surface area (Å²) in [6, 6.07) is 0. The van der Waals surface area contributed by atoms with Gasteiger partial charge in [0.2, 0.25) is 0 Å². The Morgan fingerprint density at radius 1 is 1.62 bits per heavy atom. The first-order valence-corrected chi connectivity index (χ1v) is 7.33. The Kier molecular flexibility index (Phi) is 4.72. The van der Waals surface area contributed by atoms with Crippen molar-refractivity contribution >= 4 is 11.8 Å². The van der Waals surface area contributed by atoms with E-state index < -0.39 is 0 Å². The Morgan fingerprint density at radius 2 is 2.56 bits per heavy atom. The van der Waals surface area contributed by atoms with Gasteiger partial charge in [-0.05, 0) is 36.8 Å². The second-order valence-electron chi connectivity index (χ2n) is 4.47. The van der Waals surface area contributed by atoms with Gasteiger partial charge in [0.1, 0.15) is 0 Å². The van der Waals surface area contributed by atoms with Crippen LogP contribution in [0.2, 0.25) is 0 Å². The molecular formula is C12H21N3S. The number of nitrogens with one attached hydrogen (secondary N) is 1. The summed E-state index contributed by atoms with van der Waals surface area (Å²) < 4.78 is 2.03. The van der Waals surface area contributed by atoms with Gasteiger partial charge in [-0.2, -0.15) is 16.9 Å². The van der Waals surface area contributed by atoms with E-state index in [1.54, 1.807) is 0 Å². The molecule has 1 N–H and O–H groups in total. The lowest BCUT2D eigenvalue weighted by atomic mass is 10.1. The molecule has 1 aliphatic heterocycles. The maximum absolute atomic E-state index is 4.33. The van der Waals surface area contributed by atoms with Crippen molar-refractivity contribution in [3.05, 3.63) is 18.0 Å². The summed E-state index contributed by atoms with van der Waals surface area (Å²) in [5.41, 5.74) is 1.30. The summed E-state index contributed by atoms with van der Waals surface area (Å²) in [6.07, 6.45) is 6.66. The first kappa shape index (κ1) is 12.0. The van der Waals surface area contributed by atoms with Crippen molar-refractivity contribution in [1.29, 1.82) is 0 Å². The van der Waals surface area contributed by atoms with Crippen molar-refractivity contribution in [2.45, 2.75) is 32.9 Å². The molecule has 2 heterocycles. The monoisotopic (exact) mass is 239 g/mol. The predicted octanol–water partition coefficient (Wildman–Crippen LogP) is 2.14. The van der Waals surface area contributed by atoms with Crippen LogP contribution in [-0.4, -0.2) is 27.8 Å². The van der Waals surface area contributed by atoms with Gasteiger partial charge in [0, 0.05) is 24.8 Å². The molecule has 1 aromatic heterocycles. The first-order valence-electron chi connectivity index (χ1n) is 6.18. The molecule has 3 nitrogen and oxygen atoms in total. The van der Waals surface area contributed by atoms with Crippen LogP contribution in [0.3, 0.4) is 0 Å². The second kappa shape index (κ2) is 6.30. The third-order valence-electron chi connectivity index (χ3n) is 2.93. The maximum Gasteiger partial charge on any atom is 0.0534 e. The summed E-state index contributed by atoms with van der Waals surface area (Å²) >= 11 is 2.08. The number of thioether (sulfide) groups is 1. The first-order chi connectivity index (χ1) is 7.88. The highest BCUT2D eigenvalue weighted by Gasteiger charge is 2.14. The van der Waals surface area contributed by atoms with Crippen LogP contribution in [0, 0.1) is 5.92 Å². The predicted molar refractivity (Wildman–Crippen MR) is 69.7 cm³/mol. The fraction of sp³-hybridized carbons (Fsp3) is 0.750. The third kappa shape index (κ3) is 3.52. The molecular weight excluding hydrogens is 218 g/mol. The fourth-order valence-electron chi connectivity index (χ4n) is 2.01. The lowest BCUT2D eigenvalue weighted by Crippen LogP contribution is -2.22. The second-order valence-corrected chi connectivity index (χ2v) is 5.62. The summed E-state index contributed by atoms with van der Waals surface area (Å²) in [5.74, 6) is 3.57. The van der Waals surface area contributed by atoms with Crippen molar-refractivity contribution in [3.8, 4) is 0 Å². The van der Waals surface area contributed by atoms with Crippen LogP contribution in [0.1, 0.15) is 25.3 Å². The standard InChI is InChI=1S/C12H21N3S/c1-2-4-15-9-12(8-14-15)7-13-6-11-3-5-16-10-11/h8-9,11,13H,2-7,10H2,1H3. The highest BCUT2D eigenvalue weighted by Crippen LogP contribution is 2.22. The van der Waals surface area contributed by atoms with Gasteiger partial charge in [-0.25, -0.2) is 0 Å². The van der Waals surface area contributed by atoms with Gasteiger partial charge in [0.05, 0.1) is 6.20 Å². The zero-order valence-electron chi connectivity index (χ0n) is 9.98. The van der Waals surface area contributed by atoms with Gasteiger partial charge in [-0.1, -0.05) is 6.92 Å². The van der Waals surface area contributed by atoms with E-state index in [0.717, 1.165) is 32.0 Å². The summed E-state index contributed by atoms with van der Waals surface area (Å²) in [4.78, 5) is 0. The molecule has 0 radical (unpaired) electrons. The van der Waals surface area contributed by atoms with Crippen LogP contribution < -0.4 is 5.32 Å². The molecule has 0 amide bonds. The van der Waals surface area contributed by atoms with Gasteiger partial charge in [0.25, 0.3) is 0 Å². The molecule has 2 rings (SSSR count). The van der Waals surface area contributed by atoms with E-state index in [1.165, 1.54) is 23.5 Å². The Labute approximate surface area is 102 Å². The van der Waals surface area contributed by atoms with Crippen molar-refractivity contribution in [1.82, 2.24) is 15.1 Å². The average Bonchev–Trinajstić information content (AvgIpc) is 2.90. The average molecular weight is 239 g/mol. The minimum absolute atomic E-state index is 0.885. The highest BCUT2D eigenvalue weighted by molar-refractivity contribution is 7.99. The Morgan fingerprint density at radius 3 is 3.31 bits per heavy atom. The molecule has 0 bridgehead atoms. The van der Waals surface area contributed by atoms with Crippen molar-refractivity contribution in [3.63, 3.8) is 0 Å². The molecule has 1 atom stereocenters. The zero-order chi connectivity index (χ0) is 11.2. The molecule has 1 saturated heterocycles. The molecule has 1 unspecified atom stereocenters. The third-order valence-corrected chi connectivity index (χ3v) is 4.16. The zero-order valence-corrected chi connectivity index (χ0v) is 10.8. The lowest BCUT2D eigenvalue weighted by Gasteiger charge is -2.08. The number of hydrogen-bond acceptors (Lipinski definition) is 3. The van der Waals surface area contributed by atoms with Crippen LogP contribution in [0.15, 0.2) is 12.4 Å².